The van der Waals surface area contributed by atoms with E-state index >= 15 is 0 Å². The molecule has 1 fully saturated rings. The summed E-state index contributed by atoms with van der Waals surface area (Å²) >= 11 is 3.30. The number of nitrogens with one attached hydrogen (secondary N) is 1. The molecule has 23 heavy (non-hydrogen) atoms. The van der Waals surface area contributed by atoms with Crippen molar-refractivity contribution in [3.8, 4) is 0 Å². The van der Waals surface area contributed by atoms with Crippen LogP contribution in [0.1, 0.15) is 54.2 Å². The van der Waals surface area contributed by atoms with E-state index in [1.165, 1.54) is 18.2 Å². The Morgan fingerprint density at radius 3 is 2.74 bits per heavy atom. The standard InChI is InChI=1S/C16H17BrFN3O2/c1-10-19-15(21-23-10)16(7-3-2-4-8-16)20-14(22)12-9-11(18)5-6-13(12)17/h5-6,9H,2-4,7-8H2,1H3,(H,20,22). The van der Waals surface area contributed by atoms with Gasteiger partial charge in [0.25, 0.3) is 5.91 Å². The Labute approximate surface area is 141 Å². The number of carbonyl (C=O) groups is 1. The number of benzene rings is 1. The minimum absolute atomic E-state index is 0.259. The first kappa shape index (κ1) is 16.1. The summed E-state index contributed by atoms with van der Waals surface area (Å²) in [7, 11) is 0. The molecule has 0 aliphatic heterocycles. The molecule has 0 atom stereocenters. The fourth-order valence-corrected chi connectivity index (χ4v) is 3.44. The third-order valence-corrected chi connectivity index (χ3v) is 4.88. The lowest BCUT2D eigenvalue weighted by molar-refractivity contribution is 0.0854. The largest absolute Gasteiger partial charge is 0.340 e. The number of halogens is 2. The van der Waals surface area contributed by atoms with Crippen LogP contribution in [0.15, 0.2) is 27.2 Å². The van der Waals surface area contributed by atoms with E-state index < -0.39 is 11.4 Å². The molecule has 1 heterocycles. The van der Waals surface area contributed by atoms with Gasteiger partial charge in [0.2, 0.25) is 5.89 Å². The lowest BCUT2D eigenvalue weighted by atomic mass is 9.80. The molecule has 2 aromatic rings. The summed E-state index contributed by atoms with van der Waals surface area (Å²) in [5.41, 5.74) is -0.395. The number of nitrogens with zero attached hydrogens (tertiary/aromatic N) is 2. The molecule has 1 amide bonds. The van der Waals surface area contributed by atoms with E-state index in [4.69, 9.17) is 4.52 Å². The number of hydrogen-bond acceptors (Lipinski definition) is 4. The monoisotopic (exact) mass is 381 g/mol. The van der Waals surface area contributed by atoms with Crippen LogP contribution in [-0.4, -0.2) is 16.0 Å². The molecule has 1 saturated carbocycles. The molecular formula is C16H17BrFN3O2. The summed E-state index contributed by atoms with van der Waals surface area (Å²) in [6.45, 7) is 1.72. The minimum Gasteiger partial charge on any atom is -0.340 e. The normalized spacial score (nSPS) is 17.0. The third-order valence-electron chi connectivity index (χ3n) is 4.19. The highest BCUT2D eigenvalue weighted by molar-refractivity contribution is 9.10. The molecule has 0 unspecified atom stereocenters. The van der Waals surface area contributed by atoms with Gasteiger partial charge in [-0.1, -0.05) is 24.4 Å². The maximum atomic E-state index is 13.5. The molecule has 1 aliphatic carbocycles. The molecule has 1 aromatic heterocycles. The molecule has 1 aromatic carbocycles. The van der Waals surface area contributed by atoms with Gasteiger partial charge in [-0.15, -0.1) is 0 Å². The highest BCUT2D eigenvalue weighted by Gasteiger charge is 2.40. The topological polar surface area (TPSA) is 68.0 Å². The Kier molecular flexibility index (Phi) is 4.48. The van der Waals surface area contributed by atoms with Gasteiger partial charge in [-0.25, -0.2) is 4.39 Å². The van der Waals surface area contributed by atoms with Crippen LogP contribution in [0.5, 0.6) is 0 Å². The van der Waals surface area contributed by atoms with E-state index in [0.717, 1.165) is 32.1 Å². The summed E-state index contributed by atoms with van der Waals surface area (Å²) in [5, 5.41) is 7.04. The summed E-state index contributed by atoms with van der Waals surface area (Å²) < 4.78 is 19.1. The molecule has 0 radical (unpaired) electrons. The molecule has 7 heteroatoms. The van der Waals surface area contributed by atoms with Crippen LogP contribution in [0.2, 0.25) is 0 Å². The van der Waals surface area contributed by atoms with Gasteiger partial charge in [0.05, 0.1) is 5.56 Å². The van der Waals surface area contributed by atoms with Gasteiger partial charge in [0.1, 0.15) is 11.4 Å². The quantitative estimate of drug-likeness (QED) is 0.875. The van der Waals surface area contributed by atoms with E-state index in [9.17, 15) is 9.18 Å². The van der Waals surface area contributed by atoms with Crippen LogP contribution in [0, 0.1) is 12.7 Å². The van der Waals surface area contributed by atoms with Crippen LogP contribution < -0.4 is 5.32 Å². The molecule has 122 valence electrons. The Morgan fingerprint density at radius 2 is 2.09 bits per heavy atom. The summed E-state index contributed by atoms with van der Waals surface area (Å²) in [5.74, 6) is 0.161. The second-order valence-corrected chi connectivity index (χ2v) is 6.71. The zero-order valence-electron chi connectivity index (χ0n) is 12.7. The lowest BCUT2D eigenvalue weighted by Crippen LogP contribution is -2.48. The first-order valence-electron chi connectivity index (χ1n) is 7.58. The number of carbonyl (C=O) groups excluding carboxylic acids is 1. The molecular weight excluding hydrogens is 365 g/mol. The molecule has 0 bridgehead atoms. The van der Waals surface area contributed by atoms with Crippen LogP contribution in [0.3, 0.4) is 0 Å². The maximum Gasteiger partial charge on any atom is 0.253 e. The van der Waals surface area contributed by atoms with Crippen molar-refractivity contribution < 1.29 is 13.7 Å². The summed E-state index contributed by atoms with van der Waals surface area (Å²) in [4.78, 5) is 17.0. The van der Waals surface area contributed by atoms with Crippen molar-refractivity contribution in [1.29, 1.82) is 0 Å². The second kappa shape index (κ2) is 6.39. The van der Waals surface area contributed by atoms with Crippen molar-refractivity contribution in [3.05, 3.63) is 45.8 Å². The predicted octanol–water partition coefficient (Wildman–Crippen LogP) is 3.87. The first-order chi connectivity index (χ1) is 11.0. The second-order valence-electron chi connectivity index (χ2n) is 5.86. The fraction of sp³-hybridized carbons (Fsp3) is 0.438. The van der Waals surface area contributed by atoms with Gasteiger partial charge < -0.3 is 9.84 Å². The van der Waals surface area contributed by atoms with Crippen LogP contribution in [-0.2, 0) is 5.54 Å². The third kappa shape index (κ3) is 3.29. The van der Waals surface area contributed by atoms with Crippen molar-refractivity contribution in [2.24, 2.45) is 0 Å². The van der Waals surface area contributed by atoms with Gasteiger partial charge >= 0.3 is 0 Å². The van der Waals surface area contributed by atoms with E-state index in [-0.39, 0.29) is 11.5 Å². The van der Waals surface area contributed by atoms with Crippen molar-refractivity contribution in [2.45, 2.75) is 44.6 Å². The summed E-state index contributed by atoms with van der Waals surface area (Å²) in [6.07, 6.45) is 4.53. The van der Waals surface area contributed by atoms with Crippen molar-refractivity contribution in [1.82, 2.24) is 15.5 Å². The zero-order chi connectivity index (χ0) is 16.4. The number of hydrogen-bond donors (Lipinski definition) is 1. The van der Waals surface area contributed by atoms with E-state index in [0.29, 0.717) is 16.2 Å². The SMILES string of the molecule is Cc1nc(C2(NC(=O)c3cc(F)ccc3Br)CCCCC2)no1. The molecule has 5 nitrogen and oxygen atoms in total. The molecule has 1 aliphatic rings. The number of rotatable bonds is 3. The average Bonchev–Trinajstić information content (AvgIpc) is 2.98. The van der Waals surface area contributed by atoms with Crippen molar-refractivity contribution in [3.63, 3.8) is 0 Å². The molecule has 1 N–H and O–H groups in total. The number of amides is 1. The van der Waals surface area contributed by atoms with E-state index in [1.54, 1.807) is 6.92 Å². The number of aromatic nitrogens is 2. The minimum atomic E-state index is -0.654. The fourth-order valence-electron chi connectivity index (χ4n) is 3.01. The Morgan fingerprint density at radius 1 is 1.35 bits per heavy atom. The Hall–Kier alpha value is -1.76. The summed E-state index contributed by atoms with van der Waals surface area (Å²) in [6, 6.07) is 4.05. The maximum absolute atomic E-state index is 13.5. The van der Waals surface area contributed by atoms with Crippen LogP contribution in [0.4, 0.5) is 4.39 Å². The predicted molar refractivity (Wildman–Crippen MR) is 85.4 cm³/mol. The van der Waals surface area contributed by atoms with E-state index in [2.05, 4.69) is 31.4 Å². The van der Waals surface area contributed by atoms with Crippen LogP contribution >= 0.6 is 15.9 Å². The van der Waals surface area contributed by atoms with Gasteiger partial charge in [0.15, 0.2) is 5.82 Å². The average molecular weight is 382 g/mol. The smallest absolute Gasteiger partial charge is 0.253 e. The van der Waals surface area contributed by atoms with Crippen molar-refractivity contribution in [2.75, 3.05) is 0 Å². The zero-order valence-corrected chi connectivity index (χ0v) is 14.3. The highest BCUT2D eigenvalue weighted by Crippen LogP contribution is 2.36. The highest BCUT2D eigenvalue weighted by atomic mass is 79.9. The van der Waals surface area contributed by atoms with Gasteiger partial charge in [0, 0.05) is 11.4 Å². The van der Waals surface area contributed by atoms with Gasteiger partial charge in [-0.05, 0) is 47.0 Å². The van der Waals surface area contributed by atoms with Gasteiger partial charge in [-0.2, -0.15) is 4.98 Å². The Balaban J connectivity index is 1.92. The molecule has 0 saturated heterocycles. The Bertz CT molecular complexity index is 726. The van der Waals surface area contributed by atoms with Crippen molar-refractivity contribution >= 4 is 21.8 Å². The van der Waals surface area contributed by atoms with Crippen LogP contribution in [0.25, 0.3) is 0 Å². The first-order valence-corrected chi connectivity index (χ1v) is 8.38. The van der Waals surface area contributed by atoms with E-state index in [1.807, 2.05) is 0 Å². The molecule has 0 spiro atoms. The lowest BCUT2D eigenvalue weighted by Gasteiger charge is -2.35. The molecule has 3 rings (SSSR count). The van der Waals surface area contributed by atoms with Gasteiger partial charge in [-0.3, -0.25) is 4.79 Å². The number of aryl methyl sites for hydroxylation is 1.